The van der Waals surface area contributed by atoms with Gasteiger partial charge in [-0.05, 0) is 66.2 Å². The fourth-order valence-electron chi connectivity index (χ4n) is 4.72. The number of hydrogen-bond acceptors (Lipinski definition) is 8. The average Bonchev–Trinajstić information content (AvgIpc) is 3.64. The molecule has 1 aromatic carbocycles. The summed E-state index contributed by atoms with van der Waals surface area (Å²) in [7, 11) is 0. The van der Waals surface area contributed by atoms with E-state index in [2.05, 4.69) is 20.3 Å². The van der Waals surface area contributed by atoms with Crippen LogP contribution in [0.15, 0.2) is 90.1 Å². The first kappa shape index (κ1) is 26.9. The van der Waals surface area contributed by atoms with E-state index >= 15 is 0 Å². The number of carbonyl (C=O) groups excluding carboxylic acids is 1. The van der Waals surface area contributed by atoms with E-state index in [4.69, 9.17) is 16.3 Å². The SMILES string of the molecule is O=C(c1ccc(N2CCOCC2)cc1)n1nc(-c2cccn(Cc3ccncc3)c2=O)cc1NCc1ccc(Cl)s1. The summed E-state index contributed by atoms with van der Waals surface area (Å²) in [5.74, 6) is 0.181. The van der Waals surface area contributed by atoms with Crippen LogP contribution in [-0.4, -0.2) is 51.5 Å². The Hall–Kier alpha value is -4.25. The Balaban J connectivity index is 1.32. The van der Waals surface area contributed by atoms with Gasteiger partial charge in [-0.3, -0.25) is 14.6 Å². The second-order valence-corrected chi connectivity index (χ2v) is 11.3. The molecule has 6 rings (SSSR count). The molecule has 11 heteroatoms. The van der Waals surface area contributed by atoms with Crippen molar-refractivity contribution in [2.45, 2.75) is 13.1 Å². The maximum atomic E-state index is 13.7. The topological polar surface area (TPSA) is 94.3 Å². The van der Waals surface area contributed by atoms with E-state index in [1.807, 2.05) is 54.6 Å². The lowest BCUT2D eigenvalue weighted by molar-refractivity contribution is 0.0947. The van der Waals surface area contributed by atoms with Gasteiger partial charge >= 0.3 is 0 Å². The second kappa shape index (κ2) is 12.1. The van der Waals surface area contributed by atoms with Crippen LogP contribution in [0.2, 0.25) is 4.34 Å². The van der Waals surface area contributed by atoms with Crippen LogP contribution < -0.4 is 15.8 Å². The fraction of sp³-hybridized carbons (Fsp3) is 0.200. The summed E-state index contributed by atoms with van der Waals surface area (Å²) in [5, 5.41) is 7.94. The zero-order valence-electron chi connectivity index (χ0n) is 22.1. The molecule has 208 valence electrons. The van der Waals surface area contributed by atoms with E-state index in [1.165, 1.54) is 16.0 Å². The van der Waals surface area contributed by atoms with Crippen LogP contribution in [0.1, 0.15) is 20.8 Å². The van der Waals surface area contributed by atoms with Crippen molar-refractivity contribution in [1.29, 1.82) is 0 Å². The van der Waals surface area contributed by atoms with Gasteiger partial charge < -0.3 is 19.5 Å². The molecule has 1 aliphatic rings. The molecule has 0 radical (unpaired) electrons. The third-order valence-electron chi connectivity index (χ3n) is 6.86. The summed E-state index contributed by atoms with van der Waals surface area (Å²) in [6, 6.07) is 20.3. The van der Waals surface area contributed by atoms with Gasteiger partial charge in [-0.15, -0.1) is 11.3 Å². The average molecular weight is 587 g/mol. The third-order valence-corrected chi connectivity index (χ3v) is 8.09. The molecule has 0 unspecified atom stereocenters. The van der Waals surface area contributed by atoms with Crippen molar-refractivity contribution in [3.63, 3.8) is 0 Å². The fourth-order valence-corrected chi connectivity index (χ4v) is 5.75. The first-order chi connectivity index (χ1) is 20.0. The largest absolute Gasteiger partial charge is 0.378 e. The molecular weight excluding hydrogens is 560 g/mol. The number of ether oxygens (including phenoxy) is 1. The molecule has 0 bridgehead atoms. The number of pyridine rings is 2. The van der Waals surface area contributed by atoms with E-state index in [1.54, 1.807) is 35.3 Å². The Labute approximate surface area is 245 Å². The van der Waals surface area contributed by atoms with Gasteiger partial charge in [0.15, 0.2) is 0 Å². The Kier molecular flexibility index (Phi) is 7.95. The highest BCUT2D eigenvalue weighted by atomic mass is 35.5. The van der Waals surface area contributed by atoms with Crippen LogP contribution in [0.5, 0.6) is 0 Å². The number of hydrogen-bond donors (Lipinski definition) is 1. The third kappa shape index (κ3) is 6.09. The zero-order valence-corrected chi connectivity index (χ0v) is 23.6. The molecule has 0 spiro atoms. The lowest BCUT2D eigenvalue weighted by Crippen LogP contribution is -2.36. The molecule has 1 N–H and O–H groups in total. The van der Waals surface area contributed by atoms with Crippen molar-refractivity contribution in [3.8, 4) is 11.3 Å². The number of morpholine rings is 1. The first-order valence-electron chi connectivity index (χ1n) is 13.2. The maximum Gasteiger partial charge on any atom is 0.280 e. The smallest absolute Gasteiger partial charge is 0.280 e. The lowest BCUT2D eigenvalue weighted by Gasteiger charge is -2.28. The number of benzene rings is 1. The zero-order chi connectivity index (χ0) is 28.2. The van der Waals surface area contributed by atoms with Crippen molar-refractivity contribution in [3.05, 3.63) is 116 Å². The summed E-state index contributed by atoms with van der Waals surface area (Å²) >= 11 is 7.57. The minimum atomic E-state index is -0.301. The Bertz CT molecular complexity index is 1710. The molecule has 5 heterocycles. The lowest BCUT2D eigenvalue weighted by atomic mass is 10.1. The molecule has 0 amide bonds. The van der Waals surface area contributed by atoms with Crippen LogP contribution in [0.3, 0.4) is 0 Å². The molecule has 9 nitrogen and oxygen atoms in total. The molecule has 0 aliphatic carbocycles. The number of anilines is 2. The summed E-state index contributed by atoms with van der Waals surface area (Å²) in [6.07, 6.45) is 5.14. The monoisotopic (exact) mass is 586 g/mol. The van der Waals surface area contributed by atoms with Crippen LogP contribution in [0, 0.1) is 0 Å². The van der Waals surface area contributed by atoms with E-state index in [9.17, 15) is 9.59 Å². The molecule has 1 fully saturated rings. The molecule has 0 saturated carbocycles. The number of halogens is 1. The molecule has 0 atom stereocenters. The molecular formula is C30H27ClN6O3S. The molecule has 4 aromatic heterocycles. The normalized spacial score (nSPS) is 13.3. The summed E-state index contributed by atoms with van der Waals surface area (Å²) in [4.78, 5) is 34.5. The first-order valence-corrected chi connectivity index (χ1v) is 14.4. The van der Waals surface area contributed by atoms with Crippen molar-refractivity contribution < 1.29 is 9.53 Å². The van der Waals surface area contributed by atoms with Gasteiger partial charge in [0, 0.05) is 53.9 Å². The van der Waals surface area contributed by atoms with Crippen molar-refractivity contribution in [2.24, 2.45) is 0 Å². The number of thiophene rings is 1. The van der Waals surface area contributed by atoms with Crippen molar-refractivity contribution in [2.75, 3.05) is 36.5 Å². The molecule has 5 aromatic rings. The van der Waals surface area contributed by atoms with Crippen LogP contribution in [0.25, 0.3) is 11.3 Å². The van der Waals surface area contributed by atoms with Crippen LogP contribution >= 0.6 is 22.9 Å². The molecule has 1 aliphatic heterocycles. The van der Waals surface area contributed by atoms with E-state index in [0.717, 1.165) is 29.2 Å². The van der Waals surface area contributed by atoms with Gasteiger partial charge in [0.05, 0.1) is 36.2 Å². The minimum Gasteiger partial charge on any atom is -0.378 e. The summed E-state index contributed by atoms with van der Waals surface area (Å²) in [5.41, 5.74) is 3.09. The van der Waals surface area contributed by atoms with E-state index in [-0.39, 0.29) is 11.5 Å². The van der Waals surface area contributed by atoms with Gasteiger partial charge in [0.1, 0.15) is 11.5 Å². The quantitative estimate of drug-likeness (QED) is 0.273. The van der Waals surface area contributed by atoms with E-state index in [0.29, 0.717) is 53.3 Å². The highest BCUT2D eigenvalue weighted by Crippen LogP contribution is 2.25. The van der Waals surface area contributed by atoms with Gasteiger partial charge in [-0.2, -0.15) is 9.78 Å². The summed E-state index contributed by atoms with van der Waals surface area (Å²) < 4.78 is 9.08. The van der Waals surface area contributed by atoms with Gasteiger partial charge in [0.25, 0.3) is 11.5 Å². The highest BCUT2D eigenvalue weighted by Gasteiger charge is 2.20. The molecule has 1 saturated heterocycles. The second-order valence-electron chi connectivity index (χ2n) is 9.55. The highest BCUT2D eigenvalue weighted by molar-refractivity contribution is 7.16. The number of carbonyl (C=O) groups is 1. The van der Waals surface area contributed by atoms with E-state index < -0.39 is 0 Å². The number of rotatable bonds is 8. The number of nitrogens with one attached hydrogen (secondary N) is 1. The standard InChI is InChI=1S/C30H27ClN6O3S/c31-27-8-7-24(41-27)19-33-28-18-26(25-2-1-13-36(30(25)39)20-21-9-11-32-12-10-21)34-37(28)29(38)22-3-5-23(6-4-22)35-14-16-40-17-15-35/h1-13,18,33H,14-17,19-20H2. The predicted octanol–water partition coefficient (Wildman–Crippen LogP) is 5.01. The van der Waals surface area contributed by atoms with Gasteiger partial charge in [0.2, 0.25) is 0 Å². The van der Waals surface area contributed by atoms with Crippen molar-refractivity contribution in [1.82, 2.24) is 19.3 Å². The van der Waals surface area contributed by atoms with Gasteiger partial charge in [-0.25, -0.2) is 0 Å². The van der Waals surface area contributed by atoms with Crippen molar-refractivity contribution >= 4 is 40.4 Å². The molecule has 41 heavy (non-hydrogen) atoms. The number of aromatic nitrogens is 4. The number of nitrogens with zero attached hydrogens (tertiary/aromatic N) is 5. The maximum absolute atomic E-state index is 13.7. The Morgan fingerprint density at radius 3 is 2.54 bits per heavy atom. The Morgan fingerprint density at radius 2 is 1.80 bits per heavy atom. The van der Waals surface area contributed by atoms with Crippen LogP contribution in [-0.2, 0) is 17.8 Å². The summed E-state index contributed by atoms with van der Waals surface area (Å²) in [6.45, 7) is 3.84. The van der Waals surface area contributed by atoms with Crippen LogP contribution in [0.4, 0.5) is 11.5 Å². The Morgan fingerprint density at radius 1 is 1.02 bits per heavy atom. The predicted molar refractivity (Wildman–Crippen MR) is 161 cm³/mol. The minimum absolute atomic E-state index is 0.201. The van der Waals surface area contributed by atoms with Gasteiger partial charge in [-0.1, -0.05) is 11.6 Å².